The van der Waals surface area contributed by atoms with Gasteiger partial charge in [-0.05, 0) is 74.1 Å². The number of anilines is 1. The Morgan fingerprint density at radius 2 is 1.80 bits per heavy atom. The monoisotopic (exact) mass is 682 g/mol. The summed E-state index contributed by atoms with van der Waals surface area (Å²) in [6.07, 6.45) is 4.77. The lowest BCUT2D eigenvalue weighted by molar-refractivity contribution is -0.146. The molecule has 1 saturated carbocycles. The van der Waals surface area contributed by atoms with E-state index in [0.29, 0.717) is 66.4 Å². The molecule has 1 unspecified atom stereocenters. The number of esters is 1. The molecule has 2 aliphatic rings. The van der Waals surface area contributed by atoms with Crippen LogP contribution in [0, 0.1) is 5.82 Å². The number of carbonyl (C=O) groups excluding carboxylic acids is 1. The minimum Gasteiger partial charge on any atom is -0.493 e. The second-order valence-corrected chi connectivity index (χ2v) is 12.9. The van der Waals surface area contributed by atoms with Gasteiger partial charge in [0.2, 0.25) is 11.1 Å². The van der Waals surface area contributed by atoms with Gasteiger partial charge in [0.05, 0.1) is 12.7 Å². The number of benzene rings is 3. The Morgan fingerprint density at radius 1 is 1.04 bits per heavy atom. The zero-order valence-corrected chi connectivity index (χ0v) is 27.7. The van der Waals surface area contributed by atoms with E-state index in [1.807, 2.05) is 19.1 Å². The van der Waals surface area contributed by atoms with Crippen molar-refractivity contribution >= 4 is 46.9 Å². The molecule has 0 saturated heterocycles. The van der Waals surface area contributed by atoms with Crippen molar-refractivity contribution in [1.82, 2.24) is 14.8 Å². The Morgan fingerprint density at radius 3 is 2.54 bits per heavy atom. The fourth-order valence-electron chi connectivity index (χ4n) is 5.71. The van der Waals surface area contributed by atoms with Gasteiger partial charge < -0.3 is 19.5 Å². The van der Waals surface area contributed by atoms with Crippen molar-refractivity contribution in [3.8, 4) is 11.5 Å². The van der Waals surface area contributed by atoms with E-state index < -0.39 is 12.0 Å². The summed E-state index contributed by atoms with van der Waals surface area (Å²) in [7, 11) is 1.55. The third kappa shape index (κ3) is 6.99. The summed E-state index contributed by atoms with van der Waals surface area (Å²) in [5.74, 6) is 1.04. The number of thioether (sulfide) groups is 1. The standard InChI is InChI=1S/C34H33Cl2FN4O4S/c1-20-30(32(42)45-23-10-4-3-5-11-23)31(41-33(38-20)39-34(40-41)46-19-22-9-6-7-14-27(22)37)21-15-16-28(29(17-21)43-2)44-18-24-25(35)12-8-13-26(24)36/h6-9,12-17,23,31H,3-5,10-11,18-19H2,1-2H3,(H,38,39,40). The summed E-state index contributed by atoms with van der Waals surface area (Å²) in [6.45, 7) is 1.96. The molecule has 6 rings (SSSR count). The SMILES string of the molecule is COc1cc(C2C(C(=O)OC3CCCCC3)=C(C)Nc3nc(SCc4ccccc4F)nn32)ccc1OCc1c(Cl)cccc1Cl. The Balaban J connectivity index is 1.33. The third-order valence-electron chi connectivity index (χ3n) is 8.13. The summed E-state index contributed by atoms with van der Waals surface area (Å²) in [4.78, 5) is 18.5. The van der Waals surface area contributed by atoms with E-state index in [4.69, 9.17) is 42.5 Å². The molecule has 1 atom stereocenters. The number of ether oxygens (including phenoxy) is 3. The normalized spacial score (nSPS) is 16.5. The van der Waals surface area contributed by atoms with Gasteiger partial charge in [0, 0.05) is 27.1 Å². The number of carbonyl (C=O) groups is 1. The Labute approximate surface area is 281 Å². The van der Waals surface area contributed by atoms with E-state index in [9.17, 15) is 9.18 Å². The third-order valence-corrected chi connectivity index (χ3v) is 9.73. The molecule has 12 heteroatoms. The maximum atomic E-state index is 14.3. The molecule has 3 aromatic carbocycles. The number of nitrogens with zero attached hydrogens (tertiary/aromatic N) is 3. The van der Waals surface area contributed by atoms with E-state index in [-0.39, 0.29) is 18.5 Å². The summed E-state index contributed by atoms with van der Waals surface area (Å²) in [5, 5.41) is 9.47. The Bertz CT molecular complexity index is 1760. The lowest BCUT2D eigenvalue weighted by Crippen LogP contribution is -2.32. The highest BCUT2D eigenvalue weighted by Gasteiger charge is 2.37. The fourth-order valence-corrected chi connectivity index (χ4v) is 7.04. The van der Waals surface area contributed by atoms with Gasteiger partial charge in [-0.3, -0.25) is 0 Å². The van der Waals surface area contributed by atoms with E-state index in [1.54, 1.807) is 54.3 Å². The van der Waals surface area contributed by atoms with E-state index in [1.165, 1.54) is 17.8 Å². The Hall–Kier alpha value is -3.73. The van der Waals surface area contributed by atoms with Crippen LogP contribution >= 0.6 is 35.0 Å². The number of aromatic nitrogens is 3. The minimum atomic E-state index is -0.677. The van der Waals surface area contributed by atoms with Crippen molar-refractivity contribution in [1.29, 1.82) is 0 Å². The van der Waals surface area contributed by atoms with Crippen LogP contribution in [0.5, 0.6) is 11.5 Å². The highest BCUT2D eigenvalue weighted by Crippen LogP contribution is 2.41. The molecule has 1 aliphatic carbocycles. The van der Waals surface area contributed by atoms with Crippen molar-refractivity contribution in [2.45, 2.75) is 68.7 Å². The zero-order valence-electron chi connectivity index (χ0n) is 25.4. The molecule has 1 aromatic heterocycles. The van der Waals surface area contributed by atoms with Gasteiger partial charge in [-0.2, -0.15) is 4.98 Å². The lowest BCUT2D eigenvalue weighted by atomic mass is 9.94. The van der Waals surface area contributed by atoms with Crippen molar-refractivity contribution in [2.24, 2.45) is 0 Å². The number of halogens is 3. The number of allylic oxidation sites excluding steroid dienone is 1. The average Bonchev–Trinajstić information content (AvgIpc) is 3.46. The molecule has 0 spiro atoms. The lowest BCUT2D eigenvalue weighted by Gasteiger charge is -2.30. The molecule has 1 fully saturated rings. The first kappa shape index (κ1) is 32.2. The van der Waals surface area contributed by atoms with Crippen LogP contribution in [0.25, 0.3) is 0 Å². The van der Waals surface area contributed by atoms with E-state index >= 15 is 0 Å². The van der Waals surface area contributed by atoms with Crippen LogP contribution in [0.1, 0.15) is 61.8 Å². The number of hydrogen-bond donors (Lipinski definition) is 1. The van der Waals surface area contributed by atoms with Gasteiger partial charge in [-0.15, -0.1) is 5.10 Å². The predicted octanol–water partition coefficient (Wildman–Crippen LogP) is 8.77. The van der Waals surface area contributed by atoms with Gasteiger partial charge in [-0.25, -0.2) is 13.9 Å². The second kappa shape index (κ2) is 14.4. The molecule has 0 bridgehead atoms. The first-order chi connectivity index (χ1) is 22.3. The first-order valence-electron chi connectivity index (χ1n) is 15.1. The summed E-state index contributed by atoms with van der Waals surface area (Å²) < 4.78 is 33.9. The highest BCUT2D eigenvalue weighted by atomic mass is 35.5. The maximum Gasteiger partial charge on any atom is 0.338 e. The van der Waals surface area contributed by atoms with Crippen molar-refractivity contribution in [3.05, 3.63) is 104 Å². The number of fused-ring (bicyclic) bond motifs is 1. The summed E-state index contributed by atoms with van der Waals surface area (Å²) >= 11 is 14.0. The van der Waals surface area contributed by atoms with E-state index in [0.717, 1.165) is 32.1 Å². The first-order valence-corrected chi connectivity index (χ1v) is 16.8. The van der Waals surface area contributed by atoms with Gasteiger partial charge in [0.25, 0.3) is 0 Å². The molecule has 1 aliphatic heterocycles. The fraction of sp³-hybridized carbons (Fsp3) is 0.324. The predicted molar refractivity (Wildman–Crippen MR) is 177 cm³/mol. The zero-order chi connectivity index (χ0) is 32.2. The van der Waals surface area contributed by atoms with Crippen LogP contribution in [-0.4, -0.2) is 33.9 Å². The van der Waals surface area contributed by atoms with Crippen LogP contribution in [0.3, 0.4) is 0 Å². The minimum absolute atomic E-state index is 0.131. The molecule has 240 valence electrons. The molecule has 8 nitrogen and oxygen atoms in total. The van der Waals surface area contributed by atoms with Crippen molar-refractivity contribution in [2.75, 3.05) is 12.4 Å². The molecule has 4 aromatic rings. The number of rotatable bonds is 10. The maximum absolute atomic E-state index is 14.3. The van der Waals surface area contributed by atoms with Gasteiger partial charge in [-0.1, -0.05) is 71.7 Å². The smallest absolute Gasteiger partial charge is 0.338 e. The van der Waals surface area contributed by atoms with Crippen LogP contribution in [0.2, 0.25) is 10.0 Å². The summed E-state index contributed by atoms with van der Waals surface area (Å²) in [5.41, 5.74) is 2.97. The number of methoxy groups -OCH3 is 1. The van der Waals surface area contributed by atoms with Crippen molar-refractivity contribution < 1.29 is 23.4 Å². The molecule has 1 N–H and O–H groups in total. The van der Waals surface area contributed by atoms with Gasteiger partial charge >= 0.3 is 5.97 Å². The van der Waals surface area contributed by atoms with E-state index in [2.05, 4.69) is 10.3 Å². The topological polar surface area (TPSA) is 87.5 Å². The van der Waals surface area contributed by atoms with Crippen LogP contribution in [0.15, 0.2) is 77.1 Å². The number of nitrogens with one attached hydrogen (secondary N) is 1. The largest absolute Gasteiger partial charge is 0.493 e. The highest BCUT2D eigenvalue weighted by molar-refractivity contribution is 7.98. The number of hydrogen-bond acceptors (Lipinski definition) is 8. The van der Waals surface area contributed by atoms with Crippen molar-refractivity contribution in [3.63, 3.8) is 0 Å². The van der Waals surface area contributed by atoms with Crippen LogP contribution in [-0.2, 0) is 21.9 Å². The van der Waals surface area contributed by atoms with Gasteiger partial charge in [0.15, 0.2) is 11.5 Å². The van der Waals surface area contributed by atoms with Gasteiger partial charge in [0.1, 0.15) is 24.6 Å². The molecule has 46 heavy (non-hydrogen) atoms. The second-order valence-electron chi connectivity index (χ2n) is 11.2. The molecule has 0 radical (unpaired) electrons. The molecular weight excluding hydrogens is 650 g/mol. The summed E-state index contributed by atoms with van der Waals surface area (Å²) in [6, 6.07) is 16.7. The van der Waals surface area contributed by atoms with Crippen LogP contribution < -0.4 is 14.8 Å². The molecule has 0 amide bonds. The molecular formula is C34H33Cl2FN4O4S. The van der Waals surface area contributed by atoms with Crippen LogP contribution in [0.4, 0.5) is 10.3 Å². The Kier molecular flexibility index (Phi) is 10.1. The average molecular weight is 684 g/mol. The quantitative estimate of drug-likeness (QED) is 0.131. The molecule has 2 heterocycles.